The third-order valence-electron chi connectivity index (χ3n) is 5.64. The number of carbonyl (C=O) groups is 2. The van der Waals surface area contributed by atoms with Crippen LogP contribution in [0, 0.1) is 15.9 Å². The van der Waals surface area contributed by atoms with Crippen molar-refractivity contribution in [2.24, 2.45) is 0 Å². The molecule has 1 aromatic heterocycles. The number of halogens is 1. The van der Waals surface area contributed by atoms with Gasteiger partial charge in [-0.25, -0.2) is 14.3 Å². The van der Waals surface area contributed by atoms with Crippen LogP contribution in [0.3, 0.4) is 0 Å². The summed E-state index contributed by atoms with van der Waals surface area (Å²) >= 11 is 0. The van der Waals surface area contributed by atoms with E-state index < -0.39 is 16.8 Å². The number of hydrogen-bond acceptors (Lipinski definition) is 5. The summed E-state index contributed by atoms with van der Waals surface area (Å²) in [4.78, 5) is 42.0. The zero-order valence-corrected chi connectivity index (χ0v) is 16.2. The van der Waals surface area contributed by atoms with Gasteiger partial charge in [0.15, 0.2) is 6.04 Å². The van der Waals surface area contributed by atoms with E-state index in [1.807, 2.05) is 10.2 Å². The van der Waals surface area contributed by atoms with Crippen LogP contribution in [0.2, 0.25) is 0 Å². The molecule has 2 fully saturated rings. The van der Waals surface area contributed by atoms with Crippen LogP contribution in [0.25, 0.3) is 0 Å². The van der Waals surface area contributed by atoms with Gasteiger partial charge in [0.1, 0.15) is 5.82 Å². The maximum atomic E-state index is 13.1. The molecule has 10 heteroatoms. The predicted octanol–water partition coefficient (Wildman–Crippen LogP) is 0.412. The molecule has 3 heterocycles. The minimum absolute atomic E-state index is 0.0337. The molecule has 2 amide bonds. The van der Waals surface area contributed by atoms with Gasteiger partial charge in [-0.3, -0.25) is 24.6 Å². The van der Waals surface area contributed by atoms with Crippen molar-refractivity contribution < 1.29 is 29.2 Å². The molecule has 0 saturated carbocycles. The molecule has 0 unspecified atom stereocenters. The maximum Gasteiger partial charge on any atom is 0.357 e. The van der Waals surface area contributed by atoms with Gasteiger partial charge in [-0.05, 0) is 30.3 Å². The summed E-state index contributed by atoms with van der Waals surface area (Å²) in [5.74, 6) is -0.528. The van der Waals surface area contributed by atoms with Crippen LogP contribution in [0.15, 0.2) is 42.6 Å². The minimum atomic E-state index is -0.503. The van der Waals surface area contributed by atoms with Crippen LogP contribution in [0.4, 0.5) is 21.6 Å². The Hall–Kier alpha value is -3.40. The fourth-order valence-corrected chi connectivity index (χ4v) is 4.13. The lowest BCUT2D eigenvalue weighted by Gasteiger charge is -2.27. The lowest BCUT2D eigenvalue weighted by molar-refractivity contribution is -0.709. The van der Waals surface area contributed by atoms with Crippen LogP contribution >= 0.6 is 0 Å². The zero-order valence-electron chi connectivity index (χ0n) is 16.2. The van der Waals surface area contributed by atoms with E-state index in [0.717, 1.165) is 17.7 Å². The molecule has 3 N–H and O–H groups in total. The summed E-state index contributed by atoms with van der Waals surface area (Å²) < 4.78 is 13.1. The highest BCUT2D eigenvalue weighted by molar-refractivity contribution is 6.21. The fourth-order valence-electron chi connectivity index (χ4n) is 4.13. The van der Waals surface area contributed by atoms with Gasteiger partial charge in [-0.2, -0.15) is 0 Å². The van der Waals surface area contributed by atoms with Crippen molar-refractivity contribution >= 4 is 29.0 Å². The molecule has 9 nitrogen and oxygen atoms in total. The number of aromatic nitrogens is 1. The first-order chi connectivity index (χ1) is 14.4. The Balaban J connectivity index is 1.38. The summed E-state index contributed by atoms with van der Waals surface area (Å²) in [5, 5.41) is 13.2. The van der Waals surface area contributed by atoms with Crippen LogP contribution in [0.5, 0.6) is 0 Å². The largest absolute Gasteiger partial charge is 0.357 e. The first-order valence-corrected chi connectivity index (χ1v) is 9.81. The molecule has 30 heavy (non-hydrogen) atoms. The van der Waals surface area contributed by atoms with E-state index in [0.29, 0.717) is 24.6 Å². The van der Waals surface area contributed by atoms with E-state index in [4.69, 9.17) is 0 Å². The second-order valence-corrected chi connectivity index (χ2v) is 7.53. The number of H-pyrrole nitrogens is 1. The number of nitrogens with one attached hydrogen (secondary N) is 1. The Labute approximate surface area is 171 Å². The predicted molar refractivity (Wildman–Crippen MR) is 104 cm³/mol. The van der Waals surface area contributed by atoms with Crippen molar-refractivity contribution in [1.29, 1.82) is 0 Å². The Morgan fingerprint density at radius 3 is 2.50 bits per heavy atom. The quantitative estimate of drug-likeness (QED) is 0.432. The van der Waals surface area contributed by atoms with Gasteiger partial charge in [-0.15, -0.1) is 0 Å². The smallest absolute Gasteiger partial charge is 0.333 e. The number of rotatable bonds is 5. The SMILES string of the molecule is O=C1C[C@@H]([NH2+]C2CCN(c3[nH+]cccc3[N+](=O)[O-])CC2)C(=O)N1c1ccc(F)cc1. The lowest BCUT2D eigenvalue weighted by atomic mass is 10.0. The van der Waals surface area contributed by atoms with Crippen LogP contribution in [0.1, 0.15) is 19.3 Å². The summed E-state index contributed by atoms with van der Waals surface area (Å²) in [7, 11) is 0. The van der Waals surface area contributed by atoms with E-state index in [1.165, 1.54) is 30.3 Å². The van der Waals surface area contributed by atoms with Gasteiger partial charge in [0, 0.05) is 18.9 Å². The third kappa shape index (κ3) is 3.86. The molecule has 0 aliphatic carbocycles. The van der Waals surface area contributed by atoms with Crippen molar-refractivity contribution in [3.05, 3.63) is 58.5 Å². The molecule has 2 aliphatic heterocycles. The number of amides is 2. The van der Waals surface area contributed by atoms with E-state index >= 15 is 0 Å². The number of anilines is 2. The normalized spacial score (nSPS) is 20.1. The Bertz CT molecular complexity index is 975. The molecule has 0 radical (unpaired) electrons. The lowest BCUT2D eigenvalue weighted by Crippen LogP contribution is -2.97. The van der Waals surface area contributed by atoms with Crippen LogP contribution in [-0.4, -0.2) is 41.9 Å². The van der Waals surface area contributed by atoms with E-state index in [9.17, 15) is 24.1 Å². The number of aromatic amines is 1. The number of nitrogens with zero attached hydrogens (tertiary/aromatic N) is 3. The number of carbonyl (C=O) groups excluding carboxylic acids is 2. The Kier molecular flexibility index (Phi) is 5.40. The molecule has 0 spiro atoms. The molecule has 156 valence electrons. The molecule has 1 aromatic carbocycles. The minimum Gasteiger partial charge on any atom is -0.333 e. The van der Waals surface area contributed by atoms with Gasteiger partial charge in [0.05, 0.1) is 42.4 Å². The molecule has 2 saturated heterocycles. The van der Waals surface area contributed by atoms with Gasteiger partial charge < -0.3 is 5.32 Å². The zero-order chi connectivity index (χ0) is 21.3. The van der Waals surface area contributed by atoms with Crippen LogP contribution in [-0.2, 0) is 9.59 Å². The van der Waals surface area contributed by atoms with Gasteiger partial charge in [0.25, 0.3) is 5.91 Å². The molecule has 4 rings (SSSR count). The summed E-state index contributed by atoms with van der Waals surface area (Å²) in [5.41, 5.74) is 0.412. The van der Waals surface area contributed by atoms with Gasteiger partial charge in [0.2, 0.25) is 5.91 Å². The maximum absolute atomic E-state index is 13.1. The number of benzene rings is 1. The van der Waals surface area contributed by atoms with Crippen molar-refractivity contribution in [2.45, 2.75) is 31.3 Å². The summed E-state index contributed by atoms with van der Waals surface area (Å²) in [6.45, 7) is 1.22. The molecular weight excluding hydrogens is 393 g/mol. The molecule has 0 bridgehead atoms. The van der Waals surface area contributed by atoms with Crippen molar-refractivity contribution in [2.75, 3.05) is 22.9 Å². The molecule has 2 aliphatic rings. The number of hydrogen-bond donors (Lipinski definition) is 1. The summed E-state index contributed by atoms with van der Waals surface area (Å²) in [6, 6.07) is 8.00. The second-order valence-electron chi connectivity index (χ2n) is 7.53. The second kappa shape index (κ2) is 8.15. The average Bonchev–Trinajstić information content (AvgIpc) is 3.02. The standard InChI is InChI=1S/C20H20FN5O4/c21-13-3-5-15(6-4-13)25-18(27)12-16(20(25)28)23-14-7-10-24(11-8-14)19-17(26(29)30)2-1-9-22-19/h1-6,9,14,16,23H,7-8,10-12H2/p+2/t16-/m1/s1. The number of piperidine rings is 1. The Morgan fingerprint density at radius 2 is 1.83 bits per heavy atom. The van der Waals surface area contributed by atoms with E-state index in [-0.39, 0.29) is 30.0 Å². The third-order valence-corrected chi connectivity index (χ3v) is 5.64. The monoisotopic (exact) mass is 415 g/mol. The number of pyridine rings is 1. The number of imide groups is 1. The molecular formula is C20H22FN5O4+2. The number of nitrogens with two attached hydrogens (primary N) is 1. The fraction of sp³-hybridized carbons (Fsp3) is 0.350. The van der Waals surface area contributed by atoms with E-state index in [1.54, 1.807) is 12.3 Å². The molecule has 2 aromatic rings. The number of quaternary nitrogens is 1. The highest BCUT2D eigenvalue weighted by Crippen LogP contribution is 2.25. The highest BCUT2D eigenvalue weighted by atomic mass is 19.1. The highest BCUT2D eigenvalue weighted by Gasteiger charge is 2.44. The van der Waals surface area contributed by atoms with Gasteiger partial charge >= 0.3 is 11.5 Å². The average molecular weight is 415 g/mol. The molecule has 1 atom stereocenters. The topological polar surface area (TPSA) is 115 Å². The van der Waals surface area contributed by atoms with Crippen LogP contribution < -0.4 is 20.1 Å². The van der Waals surface area contributed by atoms with E-state index in [2.05, 4.69) is 4.98 Å². The van der Waals surface area contributed by atoms with Crippen molar-refractivity contribution in [1.82, 2.24) is 0 Å². The number of nitro groups is 1. The Morgan fingerprint density at radius 1 is 1.13 bits per heavy atom. The van der Waals surface area contributed by atoms with Crippen molar-refractivity contribution in [3.63, 3.8) is 0 Å². The van der Waals surface area contributed by atoms with Crippen molar-refractivity contribution in [3.8, 4) is 0 Å². The van der Waals surface area contributed by atoms with Gasteiger partial charge in [-0.1, -0.05) is 0 Å². The first-order valence-electron chi connectivity index (χ1n) is 9.81. The summed E-state index contributed by atoms with van der Waals surface area (Å²) in [6.07, 6.45) is 3.23. The first kappa shape index (κ1) is 19.9.